The highest BCUT2D eigenvalue weighted by Crippen LogP contribution is 2.42. The Morgan fingerprint density at radius 2 is 1.45 bits per heavy atom. The quantitative estimate of drug-likeness (QED) is 0.840. The second-order valence-electron chi connectivity index (χ2n) is 5.54. The fourth-order valence-electron chi connectivity index (χ4n) is 2.75. The first-order valence-electron chi connectivity index (χ1n) is 7.35. The Hall–Kier alpha value is -1.64. The summed E-state index contributed by atoms with van der Waals surface area (Å²) in [7, 11) is 0. The lowest BCUT2D eigenvalue weighted by molar-refractivity contribution is 0.228. The van der Waals surface area contributed by atoms with E-state index in [2.05, 4.69) is 41.7 Å². The van der Waals surface area contributed by atoms with Crippen LogP contribution < -0.4 is 5.32 Å². The molecule has 1 saturated carbocycles. The molecule has 2 nitrogen and oxygen atoms in total. The fraction of sp³-hybridized carbons (Fsp3) is 0.333. The highest BCUT2D eigenvalue weighted by molar-refractivity contribution is 5.24. The Labute approximate surface area is 120 Å². The van der Waals surface area contributed by atoms with Gasteiger partial charge in [-0.05, 0) is 29.9 Å². The van der Waals surface area contributed by atoms with Crippen molar-refractivity contribution in [3.63, 3.8) is 0 Å². The maximum absolute atomic E-state index is 9.71. The van der Waals surface area contributed by atoms with E-state index in [0.717, 1.165) is 5.56 Å². The third-order valence-electron chi connectivity index (χ3n) is 4.02. The highest BCUT2D eigenvalue weighted by Gasteiger charge is 2.33. The van der Waals surface area contributed by atoms with Crippen LogP contribution in [0.2, 0.25) is 0 Å². The van der Waals surface area contributed by atoms with E-state index in [1.165, 1.54) is 18.4 Å². The number of rotatable bonds is 6. The van der Waals surface area contributed by atoms with Gasteiger partial charge in [0.05, 0.1) is 12.6 Å². The second kappa shape index (κ2) is 6.21. The third-order valence-corrected chi connectivity index (χ3v) is 4.02. The second-order valence-corrected chi connectivity index (χ2v) is 5.54. The Balaban J connectivity index is 1.79. The van der Waals surface area contributed by atoms with Crippen LogP contribution in [0.3, 0.4) is 0 Å². The molecule has 2 aromatic carbocycles. The Morgan fingerprint density at radius 3 is 1.95 bits per heavy atom. The molecule has 20 heavy (non-hydrogen) atoms. The SMILES string of the molecule is OC[C@H](NC(c1ccccc1)C1CC1)c1ccccc1. The van der Waals surface area contributed by atoms with Gasteiger partial charge in [-0.2, -0.15) is 0 Å². The van der Waals surface area contributed by atoms with E-state index >= 15 is 0 Å². The molecule has 1 aliphatic rings. The zero-order valence-electron chi connectivity index (χ0n) is 11.6. The van der Waals surface area contributed by atoms with Crippen molar-refractivity contribution >= 4 is 0 Å². The zero-order valence-corrected chi connectivity index (χ0v) is 11.6. The van der Waals surface area contributed by atoms with E-state index in [-0.39, 0.29) is 12.6 Å². The van der Waals surface area contributed by atoms with Gasteiger partial charge in [0.15, 0.2) is 0 Å². The molecule has 0 amide bonds. The predicted octanol–water partition coefficient (Wildman–Crippen LogP) is 3.46. The summed E-state index contributed by atoms with van der Waals surface area (Å²) in [6.45, 7) is 0.125. The molecule has 1 unspecified atom stereocenters. The summed E-state index contributed by atoms with van der Waals surface area (Å²) in [6.07, 6.45) is 2.55. The van der Waals surface area contributed by atoms with Crippen molar-refractivity contribution < 1.29 is 5.11 Å². The minimum atomic E-state index is 0.00186. The normalized spacial score (nSPS) is 17.6. The molecule has 0 spiro atoms. The third kappa shape index (κ3) is 3.09. The fourth-order valence-corrected chi connectivity index (χ4v) is 2.75. The van der Waals surface area contributed by atoms with Crippen molar-refractivity contribution in [2.75, 3.05) is 6.61 Å². The van der Waals surface area contributed by atoms with Crippen molar-refractivity contribution in [2.24, 2.45) is 5.92 Å². The average Bonchev–Trinajstić information content (AvgIpc) is 3.35. The van der Waals surface area contributed by atoms with Crippen molar-refractivity contribution in [1.82, 2.24) is 5.32 Å². The van der Waals surface area contributed by atoms with Crippen molar-refractivity contribution in [2.45, 2.75) is 24.9 Å². The summed E-state index contributed by atoms with van der Waals surface area (Å²) >= 11 is 0. The number of hydrogen-bond acceptors (Lipinski definition) is 2. The maximum Gasteiger partial charge on any atom is 0.0626 e. The molecule has 2 aromatic rings. The van der Waals surface area contributed by atoms with Crippen LogP contribution in [0.15, 0.2) is 60.7 Å². The molecule has 0 bridgehead atoms. The van der Waals surface area contributed by atoms with Crippen molar-refractivity contribution in [3.05, 3.63) is 71.8 Å². The summed E-state index contributed by atoms with van der Waals surface area (Å²) in [4.78, 5) is 0. The van der Waals surface area contributed by atoms with Gasteiger partial charge in [-0.3, -0.25) is 0 Å². The molecule has 0 aromatic heterocycles. The first-order chi connectivity index (χ1) is 9.88. The van der Waals surface area contributed by atoms with Crippen LogP contribution in [0.5, 0.6) is 0 Å². The summed E-state index contributed by atoms with van der Waals surface area (Å²) in [5.41, 5.74) is 2.47. The van der Waals surface area contributed by atoms with Gasteiger partial charge in [0.25, 0.3) is 0 Å². The smallest absolute Gasteiger partial charge is 0.0626 e. The molecule has 1 fully saturated rings. The summed E-state index contributed by atoms with van der Waals surface area (Å²) < 4.78 is 0. The van der Waals surface area contributed by atoms with Crippen molar-refractivity contribution in [3.8, 4) is 0 Å². The standard InChI is InChI=1S/C18H21NO/c20-13-17(14-7-3-1-4-8-14)19-18(16-11-12-16)15-9-5-2-6-10-15/h1-10,16-20H,11-13H2/t17-,18?/m0/s1. The first kappa shape index (κ1) is 13.3. The van der Waals surface area contributed by atoms with Crippen LogP contribution >= 0.6 is 0 Å². The Morgan fingerprint density at radius 1 is 0.900 bits per heavy atom. The van der Waals surface area contributed by atoms with Crippen LogP contribution in [0, 0.1) is 5.92 Å². The van der Waals surface area contributed by atoms with Crippen molar-refractivity contribution in [1.29, 1.82) is 0 Å². The molecule has 0 radical (unpaired) electrons. The number of benzene rings is 2. The molecule has 0 heterocycles. The molecule has 1 aliphatic carbocycles. The van der Waals surface area contributed by atoms with Gasteiger partial charge in [0.2, 0.25) is 0 Å². The monoisotopic (exact) mass is 267 g/mol. The van der Waals surface area contributed by atoms with Gasteiger partial charge in [0.1, 0.15) is 0 Å². The largest absolute Gasteiger partial charge is 0.394 e. The topological polar surface area (TPSA) is 32.3 Å². The lowest BCUT2D eigenvalue weighted by atomic mass is 9.99. The maximum atomic E-state index is 9.71. The lowest BCUT2D eigenvalue weighted by Gasteiger charge is -2.25. The number of aliphatic hydroxyl groups excluding tert-OH is 1. The van der Waals surface area contributed by atoms with Crippen LogP contribution in [0.25, 0.3) is 0 Å². The van der Waals surface area contributed by atoms with E-state index in [9.17, 15) is 5.11 Å². The van der Waals surface area contributed by atoms with Gasteiger partial charge in [-0.25, -0.2) is 0 Å². The van der Waals surface area contributed by atoms with E-state index in [1.807, 2.05) is 24.3 Å². The molecule has 0 saturated heterocycles. The van der Waals surface area contributed by atoms with Gasteiger partial charge >= 0.3 is 0 Å². The number of aliphatic hydroxyl groups is 1. The van der Waals surface area contributed by atoms with Crippen LogP contribution in [0.1, 0.15) is 36.1 Å². The highest BCUT2D eigenvalue weighted by atomic mass is 16.3. The van der Waals surface area contributed by atoms with Gasteiger partial charge in [0, 0.05) is 6.04 Å². The van der Waals surface area contributed by atoms with Gasteiger partial charge in [-0.1, -0.05) is 60.7 Å². The molecular weight excluding hydrogens is 246 g/mol. The van der Waals surface area contributed by atoms with E-state index in [4.69, 9.17) is 0 Å². The van der Waals surface area contributed by atoms with Crippen LogP contribution in [-0.4, -0.2) is 11.7 Å². The zero-order chi connectivity index (χ0) is 13.8. The Kier molecular flexibility index (Phi) is 4.14. The van der Waals surface area contributed by atoms with E-state index in [0.29, 0.717) is 12.0 Å². The number of hydrogen-bond donors (Lipinski definition) is 2. The molecule has 2 N–H and O–H groups in total. The molecule has 0 aliphatic heterocycles. The summed E-state index contributed by atoms with van der Waals surface area (Å²) in [5, 5.41) is 13.4. The minimum absolute atomic E-state index is 0.00186. The van der Waals surface area contributed by atoms with Crippen LogP contribution in [-0.2, 0) is 0 Å². The molecule has 2 atom stereocenters. The van der Waals surface area contributed by atoms with E-state index in [1.54, 1.807) is 0 Å². The molecule has 104 valence electrons. The first-order valence-corrected chi connectivity index (χ1v) is 7.35. The average molecular weight is 267 g/mol. The van der Waals surface area contributed by atoms with Crippen LogP contribution in [0.4, 0.5) is 0 Å². The predicted molar refractivity (Wildman–Crippen MR) is 81.3 cm³/mol. The summed E-state index contributed by atoms with van der Waals surface area (Å²) in [6, 6.07) is 21.1. The molecular formula is C18H21NO. The van der Waals surface area contributed by atoms with Gasteiger partial charge < -0.3 is 10.4 Å². The molecule has 3 rings (SSSR count). The Bertz CT molecular complexity index is 522. The molecule has 2 heteroatoms. The minimum Gasteiger partial charge on any atom is -0.394 e. The van der Waals surface area contributed by atoms with Gasteiger partial charge in [-0.15, -0.1) is 0 Å². The lowest BCUT2D eigenvalue weighted by Crippen LogP contribution is -2.30. The summed E-state index contributed by atoms with van der Waals surface area (Å²) in [5.74, 6) is 0.704. The number of nitrogens with one attached hydrogen (secondary N) is 1. The van der Waals surface area contributed by atoms with E-state index < -0.39 is 0 Å².